The molecule has 60 valence electrons. The molecule has 2 heterocycles. The predicted molar refractivity (Wildman–Crippen MR) is 43.9 cm³/mol. The second kappa shape index (κ2) is 2.41. The molecule has 0 atom stereocenters. The molecule has 2 rings (SSSR count). The van der Waals surface area contributed by atoms with E-state index in [0.717, 1.165) is 5.52 Å². The molecule has 2 aromatic rings. The quantitative estimate of drug-likeness (QED) is 0.638. The van der Waals surface area contributed by atoms with E-state index >= 15 is 0 Å². The van der Waals surface area contributed by atoms with Crippen LogP contribution < -0.4 is 0 Å². The predicted octanol–water partition coefficient (Wildman–Crippen LogP) is 1.16. The first kappa shape index (κ1) is 6.97. The van der Waals surface area contributed by atoms with Crippen molar-refractivity contribution in [3.63, 3.8) is 0 Å². The van der Waals surface area contributed by atoms with Gasteiger partial charge in [-0.15, -0.1) is 0 Å². The lowest BCUT2D eigenvalue weighted by atomic mass is 10.3. The van der Waals surface area contributed by atoms with E-state index in [4.69, 9.17) is 0 Å². The van der Waals surface area contributed by atoms with Gasteiger partial charge in [-0.2, -0.15) is 0 Å². The van der Waals surface area contributed by atoms with E-state index in [1.165, 1.54) is 6.92 Å². The standard InChI is InChI=1S/C8H7N3O/c1-5(12)6-4-7-8(11-6)10-3-2-9-7/h2-4H,1H3,(H,10,11). The number of rotatable bonds is 1. The summed E-state index contributed by atoms with van der Waals surface area (Å²) in [5, 5.41) is 0. The van der Waals surface area contributed by atoms with Crippen molar-refractivity contribution in [3.05, 3.63) is 24.2 Å². The summed E-state index contributed by atoms with van der Waals surface area (Å²) < 4.78 is 0. The topological polar surface area (TPSA) is 58.6 Å². The zero-order chi connectivity index (χ0) is 8.55. The Hall–Kier alpha value is -1.71. The van der Waals surface area contributed by atoms with Gasteiger partial charge in [-0.05, 0) is 6.07 Å². The summed E-state index contributed by atoms with van der Waals surface area (Å²) in [4.78, 5) is 21.9. The van der Waals surface area contributed by atoms with Gasteiger partial charge in [0.2, 0.25) is 0 Å². The number of carbonyl (C=O) groups is 1. The van der Waals surface area contributed by atoms with Crippen LogP contribution in [0.15, 0.2) is 18.5 Å². The van der Waals surface area contributed by atoms with Gasteiger partial charge in [0.25, 0.3) is 0 Å². The number of carbonyl (C=O) groups excluding carboxylic acids is 1. The monoisotopic (exact) mass is 161 g/mol. The maximum atomic E-state index is 10.9. The third-order valence-corrected chi connectivity index (χ3v) is 1.64. The van der Waals surface area contributed by atoms with E-state index in [-0.39, 0.29) is 5.78 Å². The summed E-state index contributed by atoms with van der Waals surface area (Å²) in [5.41, 5.74) is 1.93. The average molecular weight is 161 g/mol. The number of aromatic nitrogens is 3. The van der Waals surface area contributed by atoms with Gasteiger partial charge in [0.15, 0.2) is 11.4 Å². The average Bonchev–Trinajstić information content (AvgIpc) is 2.46. The van der Waals surface area contributed by atoms with E-state index < -0.39 is 0 Å². The molecule has 0 radical (unpaired) electrons. The molecule has 0 aliphatic carbocycles. The highest BCUT2D eigenvalue weighted by Gasteiger charge is 2.04. The Morgan fingerprint density at radius 3 is 2.83 bits per heavy atom. The zero-order valence-corrected chi connectivity index (χ0v) is 6.53. The summed E-state index contributed by atoms with van der Waals surface area (Å²) in [5.74, 6) is -0.00481. The van der Waals surface area contributed by atoms with Gasteiger partial charge in [-0.25, -0.2) is 4.98 Å². The lowest BCUT2D eigenvalue weighted by Gasteiger charge is -1.83. The van der Waals surface area contributed by atoms with E-state index in [9.17, 15) is 4.79 Å². The SMILES string of the molecule is CC(=O)c1cc2nccnc2[nH]1. The lowest BCUT2D eigenvalue weighted by molar-refractivity contribution is 0.101. The number of hydrogen-bond donors (Lipinski definition) is 1. The Kier molecular flexibility index (Phi) is 1.40. The normalized spacial score (nSPS) is 10.4. The Labute approximate surface area is 68.7 Å². The minimum absolute atomic E-state index is 0.00481. The minimum atomic E-state index is -0.00481. The van der Waals surface area contributed by atoms with Crippen molar-refractivity contribution in [3.8, 4) is 0 Å². The number of nitrogens with zero attached hydrogens (tertiary/aromatic N) is 2. The molecule has 0 bridgehead atoms. The van der Waals surface area contributed by atoms with Gasteiger partial charge < -0.3 is 4.98 Å². The minimum Gasteiger partial charge on any atom is -0.335 e. The molecule has 0 spiro atoms. The smallest absolute Gasteiger partial charge is 0.176 e. The van der Waals surface area contributed by atoms with Crippen LogP contribution >= 0.6 is 0 Å². The Balaban J connectivity index is 2.70. The molecule has 0 aliphatic heterocycles. The summed E-state index contributed by atoms with van der Waals surface area (Å²) in [6.45, 7) is 1.50. The highest BCUT2D eigenvalue weighted by atomic mass is 16.1. The van der Waals surface area contributed by atoms with Crippen molar-refractivity contribution in [2.24, 2.45) is 0 Å². The molecular weight excluding hydrogens is 154 g/mol. The summed E-state index contributed by atoms with van der Waals surface area (Å²) in [7, 11) is 0. The van der Waals surface area contributed by atoms with Gasteiger partial charge in [-0.1, -0.05) is 0 Å². The first-order chi connectivity index (χ1) is 5.77. The number of aromatic amines is 1. The van der Waals surface area contributed by atoms with Crippen LogP contribution in [0.5, 0.6) is 0 Å². The Morgan fingerprint density at radius 1 is 1.42 bits per heavy atom. The van der Waals surface area contributed by atoms with Crippen LogP contribution in [0.25, 0.3) is 11.2 Å². The molecule has 0 unspecified atom stereocenters. The molecule has 2 aromatic heterocycles. The molecule has 4 nitrogen and oxygen atoms in total. The van der Waals surface area contributed by atoms with E-state index in [1.54, 1.807) is 18.5 Å². The summed E-state index contributed by atoms with van der Waals surface area (Å²) in [6.07, 6.45) is 3.18. The van der Waals surface area contributed by atoms with Crippen molar-refractivity contribution in [2.45, 2.75) is 6.92 Å². The van der Waals surface area contributed by atoms with E-state index in [0.29, 0.717) is 11.3 Å². The van der Waals surface area contributed by atoms with Crippen LogP contribution in [-0.2, 0) is 0 Å². The maximum Gasteiger partial charge on any atom is 0.176 e. The van der Waals surface area contributed by atoms with E-state index in [1.807, 2.05) is 0 Å². The van der Waals surface area contributed by atoms with Crippen molar-refractivity contribution < 1.29 is 4.79 Å². The summed E-state index contributed by atoms with van der Waals surface area (Å²) >= 11 is 0. The second-order valence-electron chi connectivity index (χ2n) is 2.53. The molecule has 0 amide bonds. The van der Waals surface area contributed by atoms with Crippen LogP contribution in [0.1, 0.15) is 17.4 Å². The first-order valence-electron chi connectivity index (χ1n) is 3.58. The van der Waals surface area contributed by atoms with Crippen molar-refractivity contribution in [1.29, 1.82) is 0 Å². The molecule has 12 heavy (non-hydrogen) atoms. The lowest BCUT2D eigenvalue weighted by Crippen LogP contribution is -1.90. The van der Waals surface area contributed by atoms with Crippen LogP contribution in [-0.4, -0.2) is 20.7 Å². The van der Waals surface area contributed by atoms with E-state index in [2.05, 4.69) is 15.0 Å². The number of hydrogen-bond acceptors (Lipinski definition) is 3. The van der Waals surface area contributed by atoms with Gasteiger partial charge in [0, 0.05) is 19.3 Å². The number of fused-ring (bicyclic) bond motifs is 1. The van der Waals surface area contributed by atoms with Crippen molar-refractivity contribution >= 4 is 16.9 Å². The van der Waals surface area contributed by atoms with Gasteiger partial charge in [0.05, 0.1) is 5.69 Å². The van der Waals surface area contributed by atoms with Crippen LogP contribution in [0.4, 0.5) is 0 Å². The molecular formula is C8H7N3O. The van der Waals surface area contributed by atoms with Gasteiger partial charge in [-0.3, -0.25) is 9.78 Å². The number of ketones is 1. The maximum absolute atomic E-state index is 10.9. The second-order valence-corrected chi connectivity index (χ2v) is 2.53. The van der Waals surface area contributed by atoms with Crippen LogP contribution in [0.3, 0.4) is 0 Å². The zero-order valence-electron chi connectivity index (χ0n) is 6.53. The Morgan fingerprint density at radius 2 is 2.17 bits per heavy atom. The highest BCUT2D eigenvalue weighted by molar-refractivity contribution is 5.96. The molecule has 0 aliphatic rings. The number of nitrogens with one attached hydrogen (secondary N) is 1. The van der Waals surface area contributed by atoms with Gasteiger partial charge in [0.1, 0.15) is 5.52 Å². The van der Waals surface area contributed by atoms with Crippen molar-refractivity contribution in [2.75, 3.05) is 0 Å². The highest BCUT2D eigenvalue weighted by Crippen LogP contribution is 2.09. The molecule has 0 aromatic carbocycles. The first-order valence-corrected chi connectivity index (χ1v) is 3.58. The molecule has 0 fully saturated rings. The van der Waals surface area contributed by atoms with Crippen molar-refractivity contribution in [1.82, 2.24) is 15.0 Å². The fourth-order valence-corrected chi connectivity index (χ4v) is 1.04. The van der Waals surface area contributed by atoms with Crippen LogP contribution in [0, 0.1) is 0 Å². The van der Waals surface area contributed by atoms with Gasteiger partial charge >= 0.3 is 0 Å². The molecule has 0 saturated carbocycles. The third kappa shape index (κ3) is 0.972. The largest absolute Gasteiger partial charge is 0.335 e. The summed E-state index contributed by atoms with van der Waals surface area (Å²) in [6, 6.07) is 1.70. The van der Waals surface area contributed by atoms with Crippen LogP contribution in [0.2, 0.25) is 0 Å². The number of H-pyrrole nitrogens is 1. The molecule has 4 heteroatoms. The molecule has 1 N–H and O–H groups in total. The molecule has 0 saturated heterocycles. The fourth-order valence-electron chi connectivity index (χ4n) is 1.04. The Bertz CT molecular complexity index is 400. The number of Topliss-reactive ketones (excluding diaryl/α,β-unsaturated/α-hetero) is 1. The third-order valence-electron chi connectivity index (χ3n) is 1.64. The fraction of sp³-hybridized carbons (Fsp3) is 0.125.